The minimum atomic E-state index is -1.05. The van der Waals surface area contributed by atoms with Crippen LogP contribution in [-0.4, -0.2) is 40.4 Å². The number of nitrogens with one attached hydrogen (secondary N) is 1. The third-order valence-electron chi connectivity index (χ3n) is 3.98. The molecule has 0 unspecified atom stereocenters. The minimum Gasteiger partial charge on any atom is -0.480 e. The number of aliphatic carboxylic acids is 1. The molecule has 0 saturated heterocycles. The smallest absolute Gasteiger partial charge is 0.326 e. The van der Waals surface area contributed by atoms with Crippen LogP contribution in [0, 0.1) is 5.92 Å². The molecule has 2 amide bonds. The van der Waals surface area contributed by atoms with Crippen LogP contribution in [0.1, 0.15) is 37.1 Å². The molecule has 1 atom stereocenters. The van der Waals surface area contributed by atoms with Gasteiger partial charge in [0.05, 0.1) is 0 Å². The molecule has 2 heterocycles. The Morgan fingerprint density at radius 3 is 2.74 bits per heavy atom. The maximum atomic E-state index is 12.2. The number of hydrogen-bond acceptors (Lipinski definition) is 4. The highest BCUT2D eigenvalue weighted by Crippen LogP contribution is 2.24. The second kappa shape index (κ2) is 7.59. The van der Waals surface area contributed by atoms with Crippen molar-refractivity contribution in [3.8, 4) is 0 Å². The van der Waals surface area contributed by atoms with Gasteiger partial charge in [0.2, 0.25) is 11.8 Å². The first kappa shape index (κ1) is 17.5. The molecule has 1 aromatic rings. The van der Waals surface area contributed by atoms with Crippen LogP contribution >= 0.6 is 11.3 Å². The van der Waals surface area contributed by atoms with Crippen molar-refractivity contribution in [3.63, 3.8) is 0 Å². The SMILES string of the molecule is CC(C)[C@@H](NC(=O)CCC(=O)N1CCc2sccc2C1)C(=O)O. The molecule has 7 heteroatoms. The fourth-order valence-corrected chi connectivity index (χ4v) is 3.49. The van der Waals surface area contributed by atoms with Gasteiger partial charge in [-0.2, -0.15) is 0 Å². The van der Waals surface area contributed by atoms with Crippen molar-refractivity contribution in [1.29, 1.82) is 0 Å². The number of amides is 2. The van der Waals surface area contributed by atoms with Crippen LogP contribution in [0.3, 0.4) is 0 Å². The number of carboxylic acid groups (broad SMARTS) is 1. The summed E-state index contributed by atoms with van der Waals surface area (Å²) >= 11 is 1.71. The van der Waals surface area contributed by atoms with Crippen LogP contribution in [-0.2, 0) is 27.3 Å². The summed E-state index contributed by atoms with van der Waals surface area (Å²) in [7, 11) is 0. The number of carbonyl (C=O) groups is 3. The van der Waals surface area contributed by atoms with E-state index in [9.17, 15) is 14.4 Å². The van der Waals surface area contributed by atoms with Crippen molar-refractivity contribution in [2.75, 3.05) is 6.54 Å². The summed E-state index contributed by atoms with van der Waals surface area (Å²) in [5.41, 5.74) is 1.19. The van der Waals surface area contributed by atoms with E-state index in [1.165, 1.54) is 10.4 Å². The maximum Gasteiger partial charge on any atom is 0.326 e. The molecule has 0 radical (unpaired) electrons. The van der Waals surface area contributed by atoms with Gasteiger partial charge in [-0.3, -0.25) is 9.59 Å². The molecular formula is C16H22N2O4S. The highest BCUT2D eigenvalue weighted by molar-refractivity contribution is 7.10. The average molecular weight is 338 g/mol. The van der Waals surface area contributed by atoms with Crippen molar-refractivity contribution in [2.24, 2.45) is 5.92 Å². The number of nitrogens with zero attached hydrogens (tertiary/aromatic N) is 1. The van der Waals surface area contributed by atoms with Crippen LogP contribution < -0.4 is 5.32 Å². The van der Waals surface area contributed by atoms with Crippen LogP contribution in [0.25, 0.3) is 0 Å². The van der Waals surface area contributed by atoms with Gasteiger partial charge in [-0.1, -0.05) is 13.8 Å². The second-order valence-corrected chi connectivity index (χ2v) is 7.06. The summed E-state index contributed by atoms with van der Waals surface area (Å²) in [5, 5.41) is 13.6. The molecule has 0 aliphatic carbocycles. The largest absolute Gasteiger partial charge is 0.480 e. The van der Waals surface area contributed by atoms with Gasteiger partial charge in [-0.15, -0.1) is 11.3 Å². The predicted octanol–water partition coefficient (Wildman–Crippen LogP) is 1.64. The predicted molar refractivity (Wildman–Crippen MR) is 87.1 cm³/mol. The van der Waals surface area contributed by atoms with Crippen molar-refractivity contribution in [3.05, 3.63) is 21.9 Å². The van der Waals surface area contributed by atoms with Crippen molar-refractivity contribution < 1.29 is 19.5 Å². The lowest BCUT2D eigenvalue weighted by atomic mass is 10.0. The molecule has 1 aliphatic rings. The second-order valence-electron chi connectivity index (χ2n) is 6.06. The van der Waals surface area contributed by atoms with Gasteiger partial charge in [0.1, 0.15) is 6.04 Å². The number of rotatable bonds is 6. The van der Waals surface area contributed by atoms with Crippen LogP contribution in [0.15, 0.2) is 11.4 Å². The van der Waals surface area contributed by atoms with Crippen LogP contribution in [0.5, 0.6) is 0 Å². The van der Waals surface area contributed by atoms with Crippen molar-refractivity contribution in [2.45, 2.75) is 45.7 Å². The molecule has 0 fully saturated rings. The third-order valence-corrected chi connectivity index (χ3v) is 5.00. The summed E-state index contributed by atoms with van der Waals surface area (Å²) in [6.07, 6.45) is 0.984. The van der Waals surface area contributed by atoms with Gasteiger partial charge in [0.15, 0.2) is 0 Å². The number of carboxylic acids is 1. The highest BCUT2D eigenvalue weighted by atomic mass is 32.1. The molecule has 1 aliphatic heterocycles. The Kier molecular flexibility index (Phi) is 5.76. The van der Waals surface area contributed by atoms with Crippen LogP contribution in [0.2, 0.25) is 0 Å². The Labute approximate surface area is 139 Å². The van der Waals surface area contributed by atoms with E-state index in [1.54, 1.807) is 30.1 Å². The van der Waals surface area contributed by atoms with Gasteiger partial charge in [-0.25, -0.2) is 4.79 Å². The first-order valence-corrected chi connectivity index (χ1v) is 8.61. The molecule has 1 aromatic heterocycles. The van der Waals surface area contributed by atoms with E-state index in [2.05, 4.69) is 5.32 Å². The van der Waals surface area contributed by atoms with E-state index >= 15 is 0 Å². The Morgan fingerprint density at radius 2 is 2.09 bits per heavy atom. The molecule has 0 saturated carbocycles. The fourth-order valence-electron chi connectivity index (χ4n) is 2.60. The Balaban J connectivity index is 1.80. The van der Waals surface area contributed by atoms with Gasteiger partial charge in [0, 0.05) is 30.8 Å². The summed E-state index contributed by atoms with van der Waals surface area (Å²) in [6.45, 7) is 4.74. The van der Waals surface area contributed by atoms with E-state index < -0.39 is 17.9 Å². The molecule has 6 nitrogen and oxygen atoms in total. The Bertz CT molecular complexity index is 597. The molecule has 2 rings (SSSR count). The molecular weight excluding hydrogens is 316 g/mol. The topological polar surface area (TPSA) is 86.7 Å². The minimum absolute atomic E-state index is 0.0162. The molecule has 0 spiro atoms. The monoisotopic (exact) mass is 338 g/mol. The standard InChI is InChI=1S/C16H22N2O4S/c1-10(2)15(16(21)22)17-13(19)3-4-14(20)18-7-5-12-11(9-18)6-8-23-12/h6,8,10,15H,3-5,7,9H2,1-2H3,(H,17,19)(H,21,22)/t15-/m1/s1. The number of thiophene rings is 1. The van der Waals surface area contributed by atoms with Gasteiger partial charge < -0.3 is 15.3 Å². The quantitative estimate of drug-likeness (QED) is 0.825. The number of fused-ring (bicyclic) bond motifs is 1. The normalized spacial score (nSPS) is 15.2. The van der Waals surface area contributed by atoms with E-state index in [4.69, 9.17) is 5.11 Å². The van der Waals surface area contributed by atoms with Gasteiger partial charge in [-0.05, 0) is 29.3 Å². The van der Waals surface area contributed by atoms with Gasteiger partial charge in [0.25, 0.3) is 0 Å². The Morgan fingerprint density at radius 1 is 1.35 bits per heavy atom. The molecule has 23 heavy (non-hydrogen) atoms. The van der Waals surface area contributed by atoms with E-state index in [0.717, 1.165) is 6.42 Å². The first-order chi connectivity index (χ1) is 10.9. The Hall–Kier alpha value is -1.89. The van der Waals surface area contributed by atoms with E-state index in [1.807, 2.05) is 11.4 Å². The molecule has 0 aromatic carbocycles. The van der Waals surface area contributed by atoms with E-state index in [0.29, 0.717) is 13.1 Å². The summed E-state index contributed by atoms with van der Waals surface area (Å²) < 4.78 is 0. The molecule has 126 valence electrons. The fraction of sp³-hybridized carbons (Fsp3) is 0.562. The number of carbonyl (C=O) groups excluding carboxylic acids is 2. The molecule has 0 bridgehead atoms. The lowest BCUT2D eigenvalue weighted by molar-refractivity contribution is -0.143. The average Bonchev–Trinajstić information content (AvgIpc) is 2.96. The van der Waals surface area contributed by atoms with Crippen LogP contribution in [0.4, 0.5) is 0 Å². The molecule has 2 N–H and O–H groups in total. The first-order valence-electron chi connectivity index (χ1n) is 7.73. The summed E-state index contributed by atoms with van der Waals surface area (Å²) in [6, 6.07) is 1.12. The summed E-state index contributed by atoms with van der Waals surface area (Å²) in [5.74, 6) is -1.71. The van der Waals surface area contributed by atoms with Gasteiger partial charge >= 0.3 is 5.97 Å². The lowest BCUT2D eigenvalue weighted by Crippen LogP contribution is -2.44. The van der Waals surface area contributed by atoms with Crippen molar-refractivity contribution in [1.82, 2.24) is 10.2 Å². The zero-order chi connectivity index (χ0) is 17.0. The zero-order valence-corrected chi connectivity index (χ0v) is 14.2. The summed E-state index contributed by atoms with van der Waals surface area (Å²) in [4.78, 5) is 38.2. The lowest BCUT2D eigenvalue weighted by Gasteiger charge is -2.27. The maximum absolute atomic E-state index is 12.2. The van der Waals surface area contributed by atoms with E-state index in [-0.39, 0.29) is 24.7 Å². The zero-order valence-electron chi connectivity index (χ0n) is 13.4. The third kappa shape index (κ3) is 4.54. The van der Waals surface area contributed by atoms with Crippen molar-refractivity contribution >= 4 is 29.1 Å². The highest BCUT2D eigenvalue weighted by Gasteiger charge is 2.25. The number of hydrogen-bond donors (Lipinski definition) is 2.